The van der Waals surface area contributed by atoms with Gasteiger partial charge in [0.1, 0.15) is 5.75 Å². The molecule has 2 nitrogen and oxygen atoms in total. The lowest BCUT2D eigenvalue weighted by molar-refractivity contribution is 0.446. The van der Waals surface area contributed by atoms with Crippen LogP contribution in [0.2, 0.25) is 0 Å². The smallest absolute Gasteiger partial charge is 0.123 e. The summed E-state index contributed by atoms with van der Waals surface area (Å²) in [4.78, 5) is 0. The molecule has 3 heteroatoms. The van der Waals surface area contributed by atoms with Gasteiger partial charge in [-0.1, -0.05) is 29.8 Å². The van der Waals surface area contributed by atoms with Crippen molar-refractivity contribution < 1.29 is 5.11 Å². The van der Waals surface area contributed by atoms with Gasteiger partial charge in [0.2, 0.25) is 0 Å². The molecule has 1 saturated carbocycles. The minimum absolute atomic E-state index is 0.0185. The van der Waals surface area contributed by atoms with E-state index in [1.165, 1.54) is 12.8 Å². The van der Waals surface area contributed by atoms with E-state index in [4.69, 9.17) is 5.73 Å². The number of hydrogen-bond donors (Lipinski definition) is 2. The van der Waals surface area contributed by atoms with E-state index < -0.39 is 0 Å². The van der Waals surface area contributed by atoms with Crippen molar-refractivity contribution in [3.05, 3.63) is 27.7 Å². The molecule has 1 unspecified atom stereocenters. The van der Waals surface area contributed by atoms with Gasteiger partial charge in [0.05, 0.1) is 0 Å². The first-order chi connectivity index (χ1) is 7.50. The summed E-state index contributed by atoms with van der Waals surface area (Å²) < 4.78 is 1.00. The summed E-state index contributed by atoms with van der Waals surface area (Å²) in [6.07, 6.45) is 2.37. The van der Waals surface area contributed by atoms with E-state index in [1.807, 2.05) is 12.1 Å². The highest BCUT2D eigenvalue weighted by atomic mass is 79.9. The molecule has 1 aromatic carbocycles. The SMILES string of the molecule is CC(C)c1cc(Br)cc(C(N)C2CC2)c1O. The second-order valence-electron chi connectivity index (χ2n) is 4.95. The fourth-order valence-corrected chi connectivity index (χ4v) is 2.54. The molecule has 1 aliphatic carbocycles. The average Bonchev–Trinajstić information content (AvgIpc) is 3.03. The second-order valence-corrected chi connectivity index (χ2v) is 5.87. The predicted molar refractivity (Wildman–Crippen MR) is 69.5 cm³/mol. The van der Waals surface area contributed by atoms with Gasteiger partial charge in [0, 0.05) is 16.1 Å². The molecule has 0 bridgehead atoms. The second kappa shape index (κ2) is 4.38. The first kappa shape index (κ1) is 11.9. The van der Waals surface area contributed by atoms with E-state index >= 15 is 0 Å². The summed E-state index contributed by atoms with van der Waals surface area (Å²) >= 11 is 3.49. The van der Waals surface area contributed by atoms with Gasteiger partial charge in [-0.2, -0.15) is 0 Å². The molecule has 88 valence electrons. The van der Waals surface area contributed by atoms with Crippen molar-refractivity contribution in [1.29, 1.82) is 0 Å². The molecular weight excluding hydrogens is 266 g/mol. The minimum atomic E-state index is -0.0185. The maximum absolute atomic E-state index is 10.2. The van der Waals surface area contributed by atoms with Crippen molar-refractivity contribution in [2.45, 2.75) is 38.6 Å². The number of nitrogens with two attached hydrogens (primary N) is 1. The average molecular weight is 284 g/mol. The van der Waals surface area contributed by atoms with Gasteiger partial charge in [-0.15, -0.1) is 0 Å². The molecule has 0 aromatic heterocycles. The Balaban J connectivity index is 2.43. The number of phenolic OH excluding ortho intramolecular Hbond substituents is 1. The number of phenols is 1. The van der Waals surface area contributed by atoms with Crippen LogP contribution in [-0.2, 0) is 0 Å². The number of rotatable bonds is 3. The number of benzene rings is 1. The molecule has 1 atom stereocenters. The van der Waals surface area contributed by atoms with E-state index in [-0.39, 0.29) is 6.04 Å². The molecule has 1 aliphatic rings. The largest absolute Gasteiger partial charge is 0.507 e. The Bertz CT molecular complexity index is 399. The van der Waals surface area contributed by atoms with E-state index in [0.717, 1.165) is 15.6 Å². The lowest BCUT2D eigenvalue weighted by Gasteiger charge is -2.18. The van der Waals surface area contributed by atoms with Crippen molar-refractivity contribution in [3.63, 3.8) is 0 Å². The minimum Gasteiger partial charge on any atom is -0.507 e. The van der Waals surface area contributed by atoms with E-state index in [9.17, 15) is 5.11 Å². The number of halogens is 1. The highest BCUT2D eigenvalue weighted by molar-refractivity contribution is 9.10. The molecule has 1 fully saturated rings. The monoisotopic (exact) mass is 283 g/mol. The highest BCUT2D eigenvalue weighted by Gasteiger charge is 2.31. The summed E-state index contributed by atoms with van der Waals surface area (Å²) in [5, 5.41) is 10.2. The molecule has 3 N–H and O–H groups in total. The van der Waals surface area contributed by atoms with Crippen molar-refractivity contribution in [1.82, 2.24) is 0 Å². The third-order valence-electron chi connectivity index (χ3n) is 3.24. The van der Waals surface area contributed by atoms with Crippen LogP contribution >= 0.6 is 15.9 Å². The summed E-state index contributed by atoms with van der Waals surface area (Å²) in [5.41, 5.74) is 8.02. The molecule has 0 saturated heterocycles. The summed E-state index contributed by atoms with van der Waals surface area (Å²) in [5.74, 6) is 1.25. The summed E-state index contributed by atoms with van der Waals surface area (Å²) in [6, 6.07) is 3.91. The molecule has 2 rings (SSSR count). The van der Waals surface area contributed by atoms with Crippen LogP contribution < -0.4 is 5.73 Å². The molecule has 0 spiro atoms. The van der Waals surface area contributed by atoms with Gasteiger partial charge in [-0.25, -0.2) is 0 Å². The standard InChI is InChI=1S/C13H18BrNO/c1-7(2)10-5-9(14)6-11(13(10)16)12(15)8-3-4-8/h5-8,12,16H,3-4,15H2,1-2H3. The van der Waals surface area contributed by atoms with Crippen LogP contribution in [0, 0.1) is 5.92 Å². The van der Waals surface area contributed by atoms with Crippen molar-refractivity contribution >= 4 is 15.9 Å². The van der Waals surface area contributed by atoms with Crippen molar-refractivity contribution in [2.75, 3.05) is 0 Å². The fraction of sp³-hybridized carbons (Fsp3) is 0.538. The van der Waals surface area contributed by atoms with Gasteiger partial charge in [-0.3, -0.25) is 0 Å². The first-order valence-corrected chi connectivity index (χ1v) is 6.58. The molecular formula is C13H18BrNO. The Morgan fingerprint density at radius 2 is 1.88 bits per heavy atom. The van der Waals surface area contributed by atoms with Gasteiger partial charge < -0.3 is 10.8 Å². The van der Waals surface area contributed by atoms with Crippen molar-refractivity contribution in [2.24, 2.45) is 11.7 Å². The number of hydrogen-bond acceptors (Lipinski definition) is 2. The molecule has 0 aliphatic heterocycles. The Morgan fingerprint density at radius 1 is 1.31 bits per heavy atom. The van der Waals surface area contributed by atoms with Gasteiger partial charge in [-0.05, 0) is 42.4 Å². The van der Waals surface area contributed by atoms with E-state index in [2.05, 4.69) is 29.8 Å². The lowest BCUT2D eigenvalue weighted by atomic mass is 9.94. The van der Waals surface area contributed by atoms with Gasteiger partial charge >= 0.3 is 0 Å². The topological polar surface area (TPSA) is 46.2 Å². The first-order valence-electron chi connectivity index (χ1n) is 5.78. The molecule has 1 aromatic rings. The molecule has 0 amide bonds. The Kier molecular flexibility index (Phi) is 3.27. The fourth-order valence-electron chi connectivity index (χ4n) is 2.05. The van der Waals surface area contributed by atoms with Crippen LogP contribution in [0.3, 0.4) is 0 Å². The Morgan fingerprint density at radius 3 is 2.38 bits per heavy atom. The summed E-state index contributed by atoms with van der Waals surface area (Å²) in [6.45, 7) is 4.15. The van der Waals surface area contributed by atoms with E-state index in [1.54, 1.807) is 0 Å². The van der Waals surface area contributed by atoms with Crippen LogP contribution in [0.1, 0.15) is 49.8 Å². The molecule has 16 heavy (non-hydrogen) atoms. The molecule has 0 heterocycles. The van der Waals surface area contributed by atoms with Crippen LogP contribution in [0.4, 0.5) is 0 Å². The third kappa shape index (κ3) is 2.25. The normalized spacial score (nSPS) is 17.8. The lowest BCUT2D eigenvalue weighted by Crippen LogP contribution is -2.13. The van der Waals surface area contributed by atoms with Gasteiger partial charge in [0.15, 0.2) is 0 Å². The zero-order chi connectivity index (χ0) is 11.9. The van der Waals surface area contributed by atoms with Crippen LogP contribution in [0.15, 0.2) is 16.6 Å². The zero-order valence-corrected chi connectivity index (χ0v) is 11.3. The maximum Gasteiger partial charge on any atom is 0.123 e. The van der Waals surface area contributed by atoms with Crippen molar-refractivity contribution in [3.8, 4) is 5.75 Å². The van der Waals surface area contributed by atoms with Crippen LogP contribution in [0.25, 0.3) is 0 Å². The Labute approximate surface area is 105 Å². The quantitative estimate of drug-likeness (QED) is 0.889. The number of aromatic hydroxyl groups is 1. The predicted octanol–water partition coefficient (Wildman–Crippen LogP) is 3.69. The summed E-state index contributed by atoms with van der Waals surface area (Å²) in [7, 11) is 0. The molecule has 0 radical (unpaired) electrons. The maximum atomic E-state index is 10.2. The van der Waals surface area contributed by atoms with Gasteiger partial charge in [0.25, 0.3) is 0 Å². The van der Waals surface area contributed by atoms with E-state index in [0.29, 0.717) is 17.6 Å². The zero-order valence-electron chi connectivity index (χ0n) is 9.70. The van der Waals surface area contributed by atoms with Crippen LogP contribution in [-0.4, -0.2) is 5.11 Å². The Hall–Kier alpha value is -0.540. The third-order valence-corrected chi connectivity index (χ3v) is 3.70. The van der Waals surface area contributed by atoms with Crippen LogP contribution in [0.5, 0.6) is 5.75 Å². The highest BCUT2D eigenvalue weighted by Crippen LogP contribution is 2.44.